The molecule has 8 heteroatoms. The van der Waals surface area contributed by atoms with E-state index in [1.807, 2.05) is 19.9 Å². The third kappa shape index (κ3) is 2.47. The van der Waals surface area contributed by atoms with Crippen LogP contribution in [0.15, 0.2) is 36.4 Å². The molecule has 1 amide bonds. The van der Waals surface area contributed by atoms with Crippen LogP contribution in [-0.2, 0) is 10.3 Å². The van der Waals surface area contributed by atoms with Crippen molar-refractivity contribution in [3.05, 3.63) is 52.1 Å². The van der Waals surface area contributed by atoms with Crippen molar-refractivity contribution in [2.75, 3.05) is 5.32 Å². The van der Waals surface area contributed by atoms with Gasteiger partial charge in [-0.05, 0) is 38.1 Å². The fraction of sp³-hybridized carbons (Fsp3) is 0.176. The summed E-state index contributed by atoms with van der Waals surface area (Å²) >= 11 is 0. The molecule has 0 aliphatic carbocycles. The average Bonchev–Trinajstić information content (AvgIpc) is 2.95. The standard InChI is InChI=1S/C17H14N4O4/c1-17(2)11-7-13-14(8-12(11)20-16(22)25-17)19-15(18-13)9-3-5-10(6-4-9)21(23)24/h3-8H,1-2H3,(H,18,19)(H,20,22). The number of hydrogen-bond donors (Lipinski definition) is 2. The number of H-pyrrole nitrogens is 1. The Hall–Kier alpha value is -3.42. The first-order chi connectivity index (χ1) is 11.8. The lowest BCUT2D eigenvalue weighted by atomic mass is 9.94. The zero-order valence-corrected chi connectivity index (χ0v) is 13.5. The van der Waals surface area contributed by atoms with Crippen molar-refractivity contribution < 1.29 is 14.5 Å². The minimum Gasteiger partial charge on any atom is -0.438 e. The maximum absolute atomic E-state index is 11.7. The molecule has 0 atom stereocenters. The third-order valence-electron chi connectivity index (χ3n) is 4.21. The summed E-state index contributed by atoms with van der Waals surface area (Å²) in [6.07, 6.45) is -0.497. The Morgan fingerprint density at radius 3 is 2.60 bits per heavy atom. The van der Waals surface area contributed by atoms with E-state index in [9.17, 15) is 14.9 Å². The third-order valence-corrected chi connectivity index (χ3v) is 4.21. The summed E-state index contributed by atoms with van der Waals surface area (Å²) in [5.74, 6) is 0.595. The number of benzene rings is 2. The predicted octanol–water partition coefficient (Wildman–Crippen LogP) is 3.94. The molecule has 0 spiro atoms. The smallest absolute Gasteiger partial charge is 0.412 e. The van der Waals surface area contributed by atoms with Gasteiger partial charge in [-0.2, -0.15) is 0 Å². The number of rotatable bonds is 2. The van der Waals surface area contributed by atoms with Crippen LogP contribution in [-0.4, -0.2) is 21.0 Å². The molecule has 0 unspecified atom stereocenters. The van der Waals surface area contributed by atoms with E-state index < -0.39 is 16.6 Å². The van der Waals surface area contributed by atoms with Crippen LogP contribution in [0.25, 0.3) is 22.4 Å². The van der Waals surface area contributed by atoms with E-state index in [0.29, 0.717) is 17.0 Å². The van der Waals surface area contributed by atoms with Crippen molar-refractivity contribution in [2.24, 2.45) is 0 Å². The van der Waals surface area contributed by atoms with Crippen molar-refractivity contribution in [1.29, 1.82) is 0 Å². The Labute approximate surface area is 142 Å². The highest BCUT2D eigenvalue weighted by atomic mass is 16.6. The second kappa shape index (κ2) is 5.04. The highest BCUT2D eigenvalue weighted by molar-refractivity contribution is 5.94. The number of aromatic amines is 1. The monoisotopic (exact) mass is 338 g/mol. The number of cyclic esters (lactones) is 1. The van der Waals surface area contributed by atoms with Crippen LogP contribution in [0.1, 0.15) is 19.4 Å². The van der Waals surface area contributed by atoms with Gasteiger partial charge < -0.3 is 9.72 Å². The summed E-state index contributed by atoms with van der Waals surface area (Å²) in [4.78, 5) is 29.7. The van der Waals surface area contributed by atoms with E-state index >= 15 is 0 Å². The molecule has 0 radical (unpaired) electrons. The fourth-order valence-corrected chi connectivity index (χ4v) is 2.96. The molecule has 1 aromatic heterocycles. The van der Waals surface area contributed by atoms with Crippen LogP contribution < -0.4 is 5.32 Å². The molecule has 0 bridgehead atoms. The van der Waals surface area contributed by atoms with Gasteiger partial charge in [0.15, 0.2) is 0 Å². The second-order valence-corrected chi connectivity index (χ2v) is 6.33. The summed E-state index contributed by atoms with van der Waals surface area (Å²) < 4.78 is 5.33. The molecule has 8 nitrogen and oxygen atoms in total. The number of ether oxygens (including phenoxy) is 1. The molecule has 2 aromatic carbocycles. The molecule has 0 saturated heterocycles. The normalized spacial score (nSPS) is 15.4. The Morgan fingerprint density at radius 1 is 1.20 bits per heavy atom. The van der Waals surface area contributed by atoms with E-state index in [-0.39, 0.29) is 5.69 Å². The van der Waals surface area contributed by atoms with Gasteiger partial charge in [0, 0.05) is 23.3 Å². The Balaban J connectivity index is 1.81. The maximum Gasteiger partial charge on any atom is 0.412 e. The van der Waals surface area contributed by atoms with Crippen LogP contribution >= 0.6 is 0 Å². The lowest BCUT2D eigenvalue weighted by Crippen LogP contribution is -2.34. The number of hydrogen-bond acceptors (Lipinski definition) is 5. The van der Waals surface area contributed by atoms with Gasteiger partial charge in [0.25, 0.3) is 5.69 Å². The summed E-state index contributed by atoms with van der Waals surface area (Å²) in [7, 11) is 0. The van der Waals surface area contributed by atoms with Gasteiger partial charge in [-0.15, -0.1) is 0 Å². The molecule has 0 saturated carbocycles. The van der Waals surface area contributed by atoms with E-state index in [4.69, 9.17) is 4.74 Å². The van der Waals surface area contributed by atoms with Crippen molar-refractivity contribution >= 4 is 28.5 Å². The van der Waals surface area contributed by atoms with Crippen LogP contribution in [0.5, 0.6) is 0 Å². The molecule has 1 aliphatic rings. The van der Waals surface area contributed by atoms with Crippen molar-refractivity contribution in [3.8, 4) is 11.4 Å². The van der Waals surface area contributed by atoms with E-state index in [0.717, 1.165) is 16.6 Å². The zero-order valence-electron chi connectivity index (χ0n) is 13.5. The minimum atomic E-state index is -0.746. The van der Waals surface area contributed by atoms with E-state index in [2.05, 4.69) is 15.3 Å². The first-order valence-corrected chi connectivity index (χ1v) is 7.62. The number of nitro groups is 1. The van der Waals surface area contributed by atoms with Crippen LogP contribution in [0.2, 0.25) is 0 Å². The first-order valence-electron chi connectivity index (χ1n) is 7.62. The van der Waals surface area contributed by atoms with Crippen LogP contribution in [0.4, 0.5) is 16.2 Å². The average molecular weight is 338 g/mol. The summed E-state index contributed by atoms with van der Waals surface area (Å²) in [5.41, 5.74) is 3.00. The largest absolute Gasteiger partial charge is 0.438 e. The number of carbonyl (C=O) groups excluding carboxylic acids is 1. The van der Waals surface area contributed by atoms with Crippen LogP contribution in [0, 0.1) is 10.1 Å². The second-order valence-electron chi connectivity index (χ2n) is 6.33. The highest BCUT2D eigenvalue weighted by Gasteiger charge is 2.34. The number of fused-ring (bicyclic) bond motifs is 2. The van der Waals surface area contributed by atoms with Gasteiger partial charge in [0.1, 0.15) is 11.4 Å². The van der Waals surface area contributed by atoms with Gasteiger partial charge in [0.2, 0.25) is 0 Å². The summed E-state index contributed by atoms with van der Waals surface area (Å²) in [5, 5.41) is 13.4. The molecule has 2 heterocycles. The number of imidazole rings is 1. The van der Waals surface area contributed by atoms with Gasteiger partial charge in [-0.1, -0.05) is 0 Å². The van der Waals surface area contributed by atoms with Gasteiger partial charge in [0.05, 0.1) is 21.6 Å². The number of aromatic nitrogens is 2. The quantitative estimate of drug-likeness (QED) is 0.543. The Kier molecular flexibility index (Phi) is 3.05. The fourth-order valence-electron chi connectivity index (χ4n) is 2.96. The van der Waals surface area contributed by atoms with Gasteiger partial charge in [-0.3, -0.25) is 15.4 Å². The molecular formula is C17H14N4O4. The number of non-ortho nitro benzene ring substituents is 1. The molecule has 4 rings (SSSR count). The molecule has 3 aromatic rings. The van der Waals surface area contributed by atoms with Gasteiger partial charge in [-0.25, -0.2) is 9.78 Å². The predicted molar refractivity (Wildman–Crippen MR) is 91.3 cm³/mol. The minimum absolute atomic E-state index is 0.0249. The molecule has 0 fully saturated rings. The lowest BCUT2D eigenvalue weighted by molar-refractivity contribution is -0.384. The summed E-state index contributed by atoms with van der Waals surface area (Å²) in [6, 6.07) is 9.84. The lowest BCUT2D eigenvalue weighted by Gasteiger charge is -2.32. The van der Waals surface area contributed by atoms with E-state index in [1.165, 1.54) is 12.1 Å². The molecule has 2 N–H and O–H groups in total. The van der Waals surface area contributed by atoms with Gasteiger partial charge >= 0.3 is 6.09 Å². The number of amides is 1. The first kappa shape index (κ1) is 15.1. The molecule has 1 aliphatic heterocycles. The highest BCUT2D eigenvalue weighted by Crippen LogP contribution is 2.38. The molecule has 126 valence electrons. The topological polar surface area (TPSA) is 110 Å². The van der Waals surface area contributed by atoms with Crippen LogP contribution in [0.3, 0.4) is 0 Å². The number of nitrogens with zero attached hydrogens (tertiary/aromatic N) is 2. The zero-order chi connectivity index (χ0) is 17.8. The number of anilines is 1. The Morgan fingerprint density at radius 2 is 1.92 bits per heavy atom. The number of nitrogens with one attached hydrogen (secondary N) is 2. The number of nitro benzene ring substituents is 1. The SMILES string of the molecule is CC1(C)OC(=O)Nc2cc3nc(-c4ccc([N+](=O)[O-])cc4)[nH]c3cc21. The van der Waals surface area contributed by atoms with Crippen molar-refractivity contribution in [1.82, 2.24) is 9.97 Å². The summed E-state index contributed by atoms with van der Waals surface area (Å²) in [6.45, 7) is 3.65. The number of carbonyl (C=O) groups is 1. The molecule has 25 heavy (non-hydrogen) atoms. The van der Waals surface area contributed by atoms with Crippen molar-refractivity contribution in [2.45, 2.75) is 19.4 Å². The maximum atomic E-state index is 11.7. The van der Waals surface area contributed by atoms with Crippen molar-refractivity contribution in [3.63, 3.8) is 0 Å². The van der Waals surface area contributed by atoms with E-state index in [1.54, 1.807) is 18.2 Å². The molecular weight excluding hydrogens is 324 g/mol. The Bertz CT molecular complexity index is 1020.